The summed E-state index contributed by atoms with van der Waals surface area (Å²) >= 11 is 0. The number of methoxy groups -OCH3 is 2. The highest BCUT2D eigenvalue weighted by atomic mass is 16.5. The lowest BCUT2D eigenvalue weighted by atomic mass is 10.3. The molecule has 5 heteroatoms. The van der Waals surface area contributed by atoms with Crippen LogP contribution in [0.1, 0.15) is 13.3 Å². The molecule has 1 rings (SSSR count). The van der Waals surface area contributed by atoms with Crippen LogP contribution in [0.3, 0.4) is 0 Å². The van der Waals surface area contributed by atoms with E-state index in [0.29, 0.717) is 18.9 Å². The number of carbonyl (C=O) groups is 1. The highest BCUT2D eigenvalue weighted by Crippen LogP contribution is 2.18. The van der Waals surface area contributed by atoms with Crippen molar-refractivity contribution in [3.63, 3.8) is 0 Å². The third-order valence-electron chi connectivity index (χ3n) is 2.57. The van der Waals surface area contributed by atoms with Gasteiger partial charge in [0, 0.05) is 20.3 Å². The van der Waals surface area contributed by atoms with Crippen LogP contribution in [-0.4, -0.2) is 39.4 Å². The molecule has 1 aromatic carbocycles. The van der Waals surface area contributed by atoms with Gasteiger partial charge in [0.15, 0.2) is 6.10 Å². The summed E-state index contributed by atoms with van der Waals surface area (Å²) in [6.07, 6.45) is 0.258. The van der Waals surface area contributed by atoms with Crippen molar-refractivity contribution in [1.29, 1.82) is 0 Å². The van der Waals surface area contributed by atoms with Gasteiger partial charge < -0.3 is 19.5 Å². The number of ether oxygens (including phenoxy) is 3. The average molecular weight is 267 g/mol. The maximum absolute atomic E-state index is 11.7. The molecule has 0 saturated heterocycles. The standard InChI is InChI=1S/C14H21NO4/c1-11(14(16)15-9-4-10-17-2)19-13-7-5-12(18-3)6-8-13/h5-8,11H,4,9-10H2,1-3H3,(H,15,16)/t11-/m1/s1. The van der Waals surface area contributed by atoms with Crippen molar-refractivity contribution in [3.05, 3.63) is 24.3 Å². The van der Waals surface area contributed by atoms with Gasteiger partial charge in [-0.3, -0.25) is 4.79 Å². The second kappa shape index (κ2) is 8.37. The average Bonchev–Trinajstić information content (AvgIpc) is 2.44. The molecule has 19 heavy (non-hydrogen) atoms. The Hall–Kier alpha value is -1.75. The Morgan fingerprint density at radius 2 is 1.84 bits per heavy atom. The smallest absolute Gasteiger partial charge is 0.260 e. The molecule has 0 fully saturated rings. The number of carbonyl (C=O) groups excluding carboxylic acids is 1. The van der Waals surface area contributed by atoms with E-state index in [1.165, 1.54) is 0 Å². The van der Waals surface area contributed by atoms with Crippen LogP contribution in [-0.2, 0) is 9.53 Å². The normalized spacial score (nSPS) is 11.7. The molecule has 0 unspecified atom stereocenters. The van der Waals surface area contributed by atoms with Gasteiger partial charge in [-0.25, -0.2) is 0 Å². The lowest BCUT2D eigenvalue weighted by Crippen LogP contribution is -2.37. The number of benzene rings is 1. The molecule has 1 N–H and O–H groups in total. The van der Waals surface area contributed by atoms with Crippen LogP contribution in [0.4, 0.5) is 0 Å². The molecule has 1 amide bonds. The topological polar surface area (TPSA) is 56.8 Å². The van der Waals surface area contributed by atoms with Crippen molar-refractivity contribution >= 4 is 5.91 Å². The van der Waals surface area contributed by atoms with E-state index in [2.05, 4.69) is 5.32 Å². The molecular formula is C14H21NO4. The van der Waals surface area contributed by atoms with Crippen molar-refractivity contribution < 1.29 is 19.0 Å². The summed E-state index contributed by atoms with van der Waals surface area (Å²) in [6.45, 7) is 2.94. The molecule has 0 heterocycles. The van der Waals surface area contributed by atoms with E-state index in [-0.39, 0.29) is 5.91 Å². The first kappa shape index (κ1) is 15.3. The van der Waals surface area contributed by atoms with Crippen molar-refractivity contribution in [2.75, 3.05) is 27.4 Å². The van der Waals surface area contributed by atoms with Gasteiger partial charge in [0.2, 0.25) is 0 Å². The summed E-state index contributed by atoms with van der Waals surface area (Å²) in [4.78, 5) is 11.7. The molecule has 0 radical (unpaired) electrons. The minimum Gasteiger partial charge on any atom is -0.497 e. The zero-order valence-corrected chi connectivity index (χ0v) is 11.6. The predicted octanol–water partition coefficient (Wildman–Crippen LogP) is 1.62. The Kier molecular flexibility index (Phi) is 6.74. The second-order valence-corrected chi connectivity index (χ2v) is 4.07. The molecule has 0 saturated carbocycles. The molecule has 5 nitrogen and oxygen atoms in total. The third-order valence-corrected chi connectivity index (χ3v) is 2.57. The van der Waals surface area contributed by atoms with Gasteiger partial charge >= 0.3 is 0 Å². The Morgan fingerprint density at radius 3 is 2.42 bits per heavy atom. The lowest BCUT2D eigenvalue weighted by molar-refractivity contribution is -0.127. The minimum atomic E-state index is -0.532. The molecule has 0 spiro atoms. The largest absolute Gasteiger partial charge is 0.497 e. The van der Waals surface area contributed by atoms with Crippen molar-refractivity contribution in [1.82, 2.24) is 5.32 Å². The van der Waals surface area contributed by atoms with Crippen LogP contribution in [0.15, 0.2) is 24.3 Å². The van der Waals surface area contributed by atoms with Gasteiger partial charge in [-0.1, -0.05) is 0 Å². The Bertz CT molecular complexity index is 378. The summed E-state index contributed by atoms with van der Waals surface area (Å²) in [6, 6.07) is 7.12. The van der Waals surface area contributed by atoms with Gasteiger partial charge in [-0.2, -0.15) is 0 Å². The number of hydrogen-bond donors (Lipinski definition) is 1. The van der Waals surface area contributed by atoms with Crippen LogP contribution in [0, 0.1) is 0 Å². The zero-order chi connectivity index (χ0) is 14.1. The summed E-state index contributed by atoms with van der Waals surface area (Å²) in [7, 11) is 3.24. The van der Waals surface area contributed by atoms with Gasteiger partial charge in [0.05, 0.1) is 7.11 Å². The second-order valence-electron chi connectivity index (χ2n) is 4.07. The Balaban J connectivity index is 2.35. The van der Waals surface area contributed by atoms with Gasteiger partial charge in [0.1, 0.15) is 11.5 Å². The number of rotatable bonds is 8. The Morgan fingerprint density at radius 1 is 1.21 bits per heavy atom. The molecular weight excluding hydrogens is 246 g/mol. The van der Waals surface area contributed by atoms with Crippen molar-refractivity contribution in [2.24, 2.45) is 0 Å². The SMILES string of the molecule is COCCCNC(=O)[C@@H](C)Oc1ccc(OC)cc1. The van der Waals surface area contributed by atoms with Crippen molar-refractivity contribution in [3.8, 4) is 11.5 Å². The van der Waals surface area contributed by atoms with E-state index < -0.39 is 6.10 Å². The fraction of sp³-hybridized carbons (Fsp3) is 0.500. The summed E-state index contributed by atoms with van der Waals surface area (Å²) < 4.78 is 15.5. The fourth-order valence-electron chi connectivity index (χ4n) is 1.48. The molecule has 1 atom stereocenters. The first-order valence-electron chi connectivity index (χ1n) is 6.24. The van der Waals surface area contributed by atoms with Crippen LogP contribution >= 0.6 is 0 Å². The first-order chi connectivity index (χ1) is 9.17. The van der Waals surface area contributed by atoms with E-state index in [1.54, 1.807) is 45.4 Å². The summed E-state index contributed by atoms with van der Waals surface area (Å²) in [5.41, 5.74) is 0. The van der Waals surface area contributed by atoms with Crippen LogP contribution in [0.25, 0.3) is 0 Å². The number of amides is 1. The molecule has 0 aromatic heterocycles. The third kappa shape index (κ3) is 5.61. The number of nitrogens with one attached hydrogen (secondary N) is 1. The molecule has 1 aromatic rings. The van der Waals surface area contributed by atoms with E-state index in [0.717, 1.165) is 12.2 Å². The molecule has 0 aliphatic carbocycles. The lowest BCUT2D eigenvalue weighted by Gasteiger charge is -2.14. The maximum atomic E-state index is 11.7. The summed E-state index contributed by atoms with van der Waals surface area (Å²) in [5.74, 6) is 1.26. The first-order valence-corrected chi connectivity index (χ1v) is 6.24. The highest BCUT2D eigenvalue weighted by Gasteiger charge is 2.13. The van der Waals surface area contributed by atoms with E-state index in [4.69, 9.17) is 14.2 Å². The highest BCUT2D eigenvalue weighted by molar-refractivity contribution is 5.80. The van der Waals surface area contributed by atoms with Crippen LogP contribution < -0.4 is 14.8 Å². The predicted molar refractivity (Wildman–Crippen MR) is 72.6 cm³/mol. The van der Waals surface area contributed by atoms with E-state index >= 15 is 0 Å². The zero-order valence-electron chi connectivity index (χ0n) is 11.6. The van der Waals surface area contributed by atoms with Crippen molar-refractivity contribution in [2.45, 2.75) is 19.4 Å². The summed E-state index contributed by atoms with van der Waals surface area (Å²) in [5, 5.41) is 2.79. The van der Waals surface area contributed by atoms with Gasteiger partial charge in [0.25, 0.3) is 5.91 Å². The van der Waals surface area contributed by atoms with Crippen LogP contribution in [0.2, 0.25) is 0 Å². The molecule has 0 aliphatic rings. The maximum Gasteiger partial charge on any atom is 0.260 e. The molecule has 0 bridgehead atoms. The quantitative estimate of drug-likeness (QED) is 0.727. The van der Waals surface area contributed by atoms with Gasteiger partial charge in [-0.15, -0.1) is 0 Å². The molecule has 106 valence electrons. The Labute approximate surface area is 113 Å². The monoisotopic (exact) mass is 267 g/mol. The fourth-order valence-corrected chi connectivity index (χ4v) is 1.48. The number of hydrogen-bond acceptors (Lipinski definition) is 4. The van der Waals surface area contributed by atoms with E-state index in [9.17, 15) is 4.79 Å². The van der Waals surface area contributed by atoms with E-state index in [1.807, 2.05) is 0 Å². The van der Waals surface area contributed by atoms with Crippen LogP contribution in [0.5, 0.6) is 11.5 Å². The molecule has 0 aliphatic heterocycles. The minimum absolute atomic E-state index is 0.132. The van der Waals surface area contributed by atoms with Gasteiger partial charge in [-0.05, 0) is 37.6 Å².